The lowest BCUT2D eigenvalue weighted by Crippen LogP contribution is -2.55. The van der Waals surface area contributed by atoms with Crippen LogP contribution in [0.25, 0.3) is 0 Å². The van der Waals surface area contributed by atoms with Gasteiger partial charge in [-0.15, -0.1) is 0 Å². The zero-order chi connectivity index (χ0) is 16.5. The highest BCUT2D eigenvalue weighted by Crippen LogP contribution is 2.39. The molecule has 124 valence electrons. The van der Waals surface area contributed by atoms with E-state index in [-0.39, 0.29) is 19.1 Å². The molecular weight excluding hydrogens is 272 g/mol. The Morgan fingerprint density at radius 1 is 0.905 bits per heavy atom. The van der Waals surface area contributed by atoms with Crippen LogP contribution in [0, 0.1) is 11.3 Å². The first kappa shape index (κ1) is 19.9. The Morgan fingerprint density at radius 3 is 1.71 bits per heavy atom. The smallest absolute Gasteiger partial charge is 0.326 e. The van der Waals surface area contributed by atoms with Crippen molar-refractivity contribution in [3.05, 3.63) is 0 Å². The van der Waals surface area contributed by atoms with Gasteiger partial charge >= 0.3 is 11.9 Å². The third kappa shape index (κ3) is 4.43. The lowest BCUT2D eigenvalue weighted by atomic mass is 9.70. The molecule has 0 aromatic carbocycles. The van der Waals surface area contributed by atoms with Gasteiger partial charge in [-0.2, -0.15) is 0 Å². The van der Waals surface area contributed by atoms with Gasteiger partial charge in [0.1, 0.15) is 0 Å². The van der Waals surface area contributed by atoms with Gasteiger partial charge in [0.15, 0.2) is 5.41 Å². The van der Waals surface area contributed by atoms with Crippen LogP contribution in [0.4, 0.5) is 0 Å². The number of rotatable bonds is 10. The largest absolute Gasteiger partial charge is 0.465 e. The molecule has 0 aliphatic heterocycles. The van der Waals surface area contributed by atoms with Crippen molar-refractivity contribution < 1.29 is 23.8 Å². The maximum atomic E-state index is 12.6. The van der Waals surface area contributed by atoms with Crippen molar-refractivity contribution in [3.63, 3.8) is 0 Å². The molecule has 0 spiro atoms. The van der Waals surface area contributed by atoms with E-state index in [9.17, 15) is 9.59 Å². The molecule has 0 saturated heterocycles. The molecule has 0 radical (unpaired) electrons. The monoisotopic (exact) mass is 302 g/mol. The maximum absolute atomic E-state index is 12.6. The normalized spacial score (nSPS) is 14.4. The van der Waals surface area contributed by atoms with Crippen LogP contribution < -0.4 is 0 Å². The van der Waals surface area contributed by atoms with Crippen molar-refractivity contribution in [2.75, 3.05) is 19.8 Å². The van der Waals surface area contributed by atoms with E-state index in [1.165, 1.54) is 0 Å². The molecule has 0 aromatic rings. The molecule has 0 bridgehead atoms. The number of carbonyl (C=O) groups excluding carboxylic acids is 2. The fourth-order valence-electron chi connectivity index (χ4n) is 2.76. The fraction of sp³-hybridized carbons (Fsp3) is 0.875. The zero-order valence-corrected chi connectivity index (χ0v) is 14.2. The van der Waals surface area contributed by atoms with Crippen LogP contribution in [0.2, 0.25) is 0 Å². The van der Waals surface area contributed by atoms with Crippen molar-refractivity contribution in [2.45, 2.75) is 60.5 Å². The Morgan fingerprint density at radius 2 is 1.38 bits per heavy atom. The van der Waals surface area contributed by atoms with Gasteiger partial charge < -0.3 is 14.2 Å². The standard InChI is InChI=1S/C16H30O5/c1-7-11-12(5)16(13(6)19-8-2,14(17)20-9-3)15(18)21-10-4/h12-13H,7-11H2,1-6H3/t12-,13+/m1/s1. The summed E-state index contributed by atoms with van der Waals surface area (Å²) in [6.45, 7) is 11.8. The molecule has 0 fully saturated rings. The molecule has 5 nitrogen and oxygen atoms in total. The van der Waals surface area contributed by atoms with E-state index < -0.39 is 23.5 Å². The second kappa shape index (κ2) is 9.77. The van der Waals surface area contributed by atoms with E-state index in [2.05, 4.69) is 0 Å². The first-order valence-electron chi connectivity index (χ1n) is 7.89. The number of esters is 2. The van der Waals surface area contributed by atoms with Crippen molar-refractivity contribution in [1.82, 2.24) is 0 Å². The van der Waals surface area contributed by atoms with Crippen molar-refractivity contribution >= 4 is 11.9 Å². The summed E-state index contributed by atoms with van der Waals surface area (Å²) in [5.74, 6) is -1.32. The van der Waals surface area contributed by atoms with Crippen LogP contribution in [0.3, 0.4) is 0 Å². The van der Waals surface area contributed by atoms with Gasteiger partial charge in [0, 0.05) is 6.61 Å². The summed E-state index contributed by atoms with van der Waals surface area (Å²) in [5, 5.41) is 0. The Kier molecular flexibility index (Phi) is 9.26. The molecule has 0 aliphatic carbocycles. The van der Waals surface area contributed by atoms with Gasteiger partial charge in [-0.3, -0.25) is 9.59 Å². The third-order valence-corrected chi connectivity index (χ3v) is 3.78. The average Bonchev–Trinajstić information content (AvgIpc) is 2.40. The quantitative estimate of drug-likeness (QED) is 0.458. The molecule has 0 aromatic heterocycles. The average molecular weight is 302 g/mol. The summed E-state index contributed by atoms with van der Waals surface area (Å²) in [7, 11) is 0. The Hall–Kier alpha value is -1.10. The Balaban J connectivity index is 5.79. The van der Waals surface area contributed by atoms with E-state index in [1.54, 1.807) is 20.8 Å². The highest BCUT2D eigenvalue weighted by Gasteiger charge is 2.57. The topological polar surface area (TPSA) is 61.8 Å². The van der Waals surface area contributed by atoms with Gasteiger partial charge in [0.05, 0.1) is 19.3 Å². The van der Waals surface area contributed by atoms with Crippen molar-refractivity contribution in [1.29, 1.82) is 0 Å². The second-order valence-corrected chi connectivity index (χ2v) is 5.10. The summed E-state index contributed by atoms with van der Waals surface area (Å²) >= 11 is 0. The summed E-state index contributed by atoms with van der Waals surface area (Å²) < 4.78 is 16.0. The number of hydrogen-bond acceptors (Lipinski definition) is 5. The van der Waals surface area contributed by atoms with Gasteiger partial charge in [0.25, 0.3) is 0 Å². The molecule has 2 atom stereocenters. The zero-order valence-electron chi connectivity index (χ0n) is 14.2. The lowest BCUT2D eigenvalue weighted by molar-refractivity contribution is -0.189. The minimum absolute atomic E-state index is 0.220. The second-order valence-electron chi connectivity index (χ2n) is 5.10. The van der Waals surface area contributed by atoms with E-state index in [0.29, 0.717) is 6.61 Å². The van der Waals surface area contributed by atoms with Crippen LogP contribution in [-0.4, -0.2) is 37.9 Å². The van der Waals surface area contributed by atoms with Gasteiger partial charge in [-0.1, -0.05) is 20.3 Å². The number of hydrogen-bond donors (Lipinski definition) is 0. The minimum atomic E-state index is -1.40. The van der Waals surface area contributed by atoms with Gasteiger partial charge in [-0.25, -0.2) is 0 Å². The van der Waals surface area contributed by atoms with E-state index in [4.69, 9.17) is 14.2 Å². The molecule has 0 heterocycles. The summed E-state index contributed by atoms with van der Waals surface area (Å²) in [6.07, 6.45) is 0.984. The Labute approximate surface area is 128 Å². The molecule has 0 unspecified atom stereocenters. The summed E-state index contributed by atoms with van der Waals surface area (Å²) in [6, 6.07) is 0. The number of carbonyl (C=O) groups is 2. The third-order valence-electron chi connectivity index (χ3n) is 3.78. The Bertz CT molecular complexity index is 295. The van der Waals surface area contributed by atoms with Crippen LogP contribution >= 0.6 is 0 Å². The molecule has 0 N–H and O–H groups in total. The van der Waals surface area contributed by atoms with Gasteiger partial charge in [-0.05, 0) is 40.0 Å². The van der Waals surface area contributed by atoms with Crippen LogP contribution in [0.1, 0.15) is 54.4 Å². The van der Waals surface area contributed by atoms with E-state index in [1.807, 2.05) is 20.8 Å². The molecule has 0 saturated carbocycles. The van der Waals surface area contributed by atoms with Crippen molar-refractivity contribution in [2.24, 2.45) is 11.3 Å². The van der Waals surface area contributed by atoms with E-state index in [0.717, 1.165) is 12.8 Å². The molecule has 5 heteroatoms. The fourth-order valence-corrected chi connectivity index (χ4v) is 2.76. The van der Waals surface area contributed by atoms with E-state index >= 15 is 0 Å². The minimum Gasteiger partial charge on any atom is -0.465 e. The number of ether oxygens (including phenoxy) is 3. The summed E-state index contributed by atoms with van der Waals surface area (Å²) in [5.41, 5.74) is -1.40. The first-order chi connectivity index (χ1) is 9.93. The highest BCUT2D eigenvalue weighted by molar-refractivity contribution is 6.01. The highest BCUT2D eigenvalue weighted by atomic mass is 16.6. The molecular formula is C16H30O5. The maximum Gasteiger partial charge on any atom is 0.326 e. The molecule has 0 amide bonds. The SMILES string of the molecule is CCC[C@@H](C)C(C(=O)OCC)(C(=O)OCC)[C@H](C)OCC. The molecule has 0 aliphatic rings. The predicted octanol–water partition coefficient (Wildman–Crippen LogP) is 2.96. The molecule has 0 rings (SSSR count). The van der Waals surface area contributed by atoms with Gasteiger partial charge in [0.2, 0.25) is 0 Å². The van der Waals surface area contributed by atoms with Crippen LogP contribution in [-0.2, 0) is 23.8 Å². The first-order valence-corrected chi connectivity index (χ1v) is 7.89. The summed E-state index contributed by atoms with van der Waals surface area (Å²) in [4.78, 5) is 25.2. The predicted molar refractivity (Wildman–Crippen MR) is 80.9 cm³/mol. The lowest BCUT2D eigenvalue weighted by Gasteiger charge is -2.38. The van der Waals surface area contributed by atoms with Crippen LogP contribution in [0.15, 0.2) is 0 Å². The molecule has 21 heavy (non-hydrogen) atoms. The van der Waals surface area contributed by atoms with Crippen molar-refractivity contribution in [3.8, 4) is 0 Å². The van der Waals surface area contributed by atoms with Crippen LogP contribution in [0.5, 0.6) is 0 Å².